The summed E-state index contributed by atoms with van der Waals surface area (Å²) in [5.41, 5.74) is 5.45. The normalized spacial score (nSPS) is 14.0. The summed E-state index contributed by atoms with van der Waals surface area (Å²) in [6.07, 6.45) is -4.76. The Morgan fingerprint density at radius 2 is 1.86 bits per heavy atom. The van der Waals surface area contributed by atoms with Gasteiger partial charge in [-0.05, 0) is 31.2 Å². The van der Waals surface area contributed by atoms with E-state index in [4.69, 9.17) is 5.73 Å². The van der Waals surface area contributed by atoms with Crippen molar-refractivity contribution in [2.24, 2.45) is 5.73 Å². The summed E-state index contributed by atoms with van der Waals surface area (Å²) in [6, 6.07) is 4.21. The van der Waals surface area contributed by atoms with Crippen LogP contribution >= 0.6 is 0 Å². The van der Waals surface area contributed by atoms with Gasteiger partial charge in [-0.3, -0.25) is 9.59 Å². The molecule has 1 rings (SSSR count). The molecule has 4 N–H and O–H groups in total. The smallest absolute Gasteiger partial charge is 0.406 e. The molecule has 0 heterocycles. The second-order valence-electron chi connectivity index (χ2n) is 4.77. The molecule has 2 amide bonds. The van der Waals surface area contributed by atoms with Crippen LogP contribution in [0.3, 0.4) is 0 Å². The summed E-state index contributed by atoms with van der Waals surface area (Å²) < 4.78 is 39.7. The number of primary amides is 1. The van der Waals surface area contributed by atoms with E-state index < -0.39 is 24.2 Å². The van der Waals surface area contributed by atoms with E-state index in [0.717, 1.165) is 12.1 Å². The number of nitrogens with one attached hydrogen (secondary N) is 2. The monoisotopic (exact) mass is 320 g/mol. The van der Waals surface area contributed by atoms with Gasteiger partial charge in [0.2, 0.25) is 0 Å². The Hall–Kier alpha value is -2.29. The Bertz CT molecular complexity index is 532. The predicted octanol–water partition coefficient (Wildman–Crippen LogP) is -0.0878. The van der Waals surface area contributed by atoms with Crippen molar-refractivity contribution in [3.05, 3.63) is 24.3 Å². The van der Waals surface area contributed by atoms with Crippen molar-refractivity contribution >= 4 is 17.5 Å². The molecule has 0 spiro atoms. The van der Waals surface area contributed by atoms with Crippen LogP contribution in [0.5, 0.6) is 5.75 Å². The van der Waals surface area contributed by atoms with E-state index in [9.17, 15) is 22.8 Å². The van der Waals surface area contributed by atoms with Gasteiger partial charge in [0, 0.05) is 5.69 Å². The molecule has 122 valence electrons. The Kier molecular flexibility index (Phi) is 5.75. The number of alkyl halides is 3. The van der Waals surface area contributed by atoms with Crippen LogP contribution in [0, 0.1) is 0 Å². The number of carbonyl (C=O) groups excluding carboxylic acids is 2. The van der Waals surface area contributed by atoms with E-state index in [2.05, 4.69) is 10.1 Å². The first-order chi connectivity index (χ1) is 10.1. The minimum atomic E-state index is -4.76. The molecule has 0 bridgehead atoms. The second kappa shape index (κ2) is 7.12. The lowest BCUT2D eigenvalue weighted by molar-refractivity contribution is -0.885. The van der Waals surface area contributed by atoms with Crippen molar-refractivity contribution in [2.75, 3.05) is 18.9 Å². The van der Waals surface area contributed by atoms with Gasteiger partial charge in [-0.15, -0.1) is 13.2 Å². The summed E-state index contributed by atoms with van der Waals surface area (Å²) in [7, 11) is 1.63. The minimum absolute atomic E-state index is 0.00902. The molecule has 0 aliphatic rings. The van der Waals surface area contributed by atoms with Gasteiger partial charge >= 0.3 is 6.36 Å². The highest BCUT2D eigenvalue weighted by atomic mass is 19.4. The summed E-state index contributed by atoms with van der Waals surface area (Å²) in [4.78, 5) is 23.4. The number of benzene rings is 1. The fourth-order valence-electron chi connectivity index (χ4n) is 1.59. The van der Waals surface area contributed by atoms with Gasteiger partial charge in [0.15, 0.2) is 12.6 Å². The van der Waals surface area contributed by atoms with Crippen molar-refractivity contribution in [1.82, 2.24) is 0 Å². The van der Waals surface area contributed by atoms with Gasteiger partial charge in [0.1, 0.15) is 5.75 Å². The zero-order valence-corrected chi connectivity index (χ0v) is 12.0. The van der Waals surface area contributed by atoms with Gasteiger partial charge in [0.25, 0.3) is 11.8 Å². The molecule has 2 atom stereocenters. The first-order valence-corrected chi connectivity index (χ1v) is 6.36. The van der Waals surface area contributed by atoms with E-state index in [0.29, 0.717) is 10.6 Å². The van der Waals surface area contributed by atoms with Crippen LogP contribution in [0.25, 0.3) is 0 Å². The topological polar surface area (TPSA) is 85.9 Å². The molecule has 6 nitrogen and oxygen atoms in total. The molecular formula is C13H17F3N3O3+. The highest BCUT2D eigenvalue weighted by molar-refractivity contribution is 5.91. The Balaban J connectivity index is 2.56. The molecule has 1 unspecified atom stereocenters. The van der Waals surface area contributed by atoms with Crippen LogP contribution in [0.2, 0.25) is 0 Å². The van der Waals surface area contributed by atoms with Crippen molar-refractivity contribution in [2.45, 2.75) is 19.3 Å². The molecule has 0 saturated carbocycles. The number of nitrogens with two attached hydrogens (primary N) is 1. The second-order valence-corrected chi connectivity index (χ2v) is 4.77. The fraction of sp³-hybridized carbons (Fsp3) is 0.385. The summed E-state index contributed by atoms with van der Waals surface area (Å²) >= 11 is 0. The highest BCUT2D eigenvalue weighted by Gasteiger charge is 2.31. The van der Waals surface area contributed by atoms with Crippen molar-refractivity contribution < 1.29 is 32.4 Å². The Morgan fingerprint density at radius 3 is 2.32 bits per heavy atom. The number of hydrogen-bond donors (Lipinski definition) is 3. The third-order valence-electron chi connectivity index (χ3n) is 2.98. The first-order valence-electron chi connectivity index (χ1n) is 6.36. The van der Waals surface area contributed by atoms with Crippen LogP contribution in [-0.2, 0) is 9.59 Å². The maximum absolute atomic E-state index is 12.0. The van der Waals surface area contributed by atoms with Gasteiger partial charge in [0.05, 0.1) is 7.05 Å². The molecule has 0 aliphatic carbocycles. The summed E-state index contributed by atoms with van der Waals surface area (Å²) in [6.45, 7) is 1.58. The molecule has 0 fully saturated rings. The Labute approximate surface area is 125 Å². The van der Waals surface area contributed by atoms with Crippen LogP contribution in [0.15, 0.2) is 24.3 Å². The number of amides is 2. The number of quaternary nitrogens is 1. The average Bonchev–Trinajstić information content (AvgIpc) is 2.38. The number of ether oxygens (including phenoxy) is 1. The predicted molar refractivity (Wildman–Crippen MR) is 72.2 cm³/mol. The summed E-state index contributed by atoms with van der Waals surface area (Å²) in [5, 5.41) is 2.51. The van der Waals surface area contributed by atoms with Crippen molar-refractivity contribution in [1.29, 1.82) is 0 Å². The van der Waals surface area contributed by atoms with Crippen LogP contribution in [-0.4, -0.2) is 37.8 Å². The Morgan fingerprint density at radius 1 is 1.32 bits per heavy atom. The number of hydrogen-bond acceptors (Lipinski definition) is 3. The zero-order chi connectivity index (χ0) is 16.9. The SMILES string of the molecule is C[C@@H](C(N)=O)[NH+](C)CC(=O)Nc1ccc(OC(F)(F)F)cc1. The van der Waals surface area contributed by atoms with Gasteiger partial charge in [-0.1, -0.05) is 0 Å². The van der Waals surface area contributed by atoms with Crippen LogP contribution in [0.4, 0.5) is 18.9 Å². The minimum Gasteiger partial charge on any atom is -0.406 e. The quantitative estimate of drug-likeness (QED) is 0.685. The molecule has 1 aromatic carbocycles. The van der Waals surface area contributed by atoms with E-state index in [1.54, 1.807) is 14.0 Å². The number of anilines is 1. The third kappa shape index (κ3) is 6.00. The molecule has 0 saturated heterocycles. The van der Waals surface area contributed by atoms with Gasteiger partial charge in [-0.2, -0.15) is 0 Å². The van der Waals surface area contributed by atoms with E-state index in [1.807, 2.05) is 0 Å². The molecule has 22 heavy (non-hydrogen) atoms. The number of likely N-dealkylation sites (N-methyl/N-ethyl adjacent to an activating group) is 1. The molecule has 1 aromatic rings. The molecule has 0 aliphatic heterocycles. The maximum Gasteiger partial charge on any atom is 0.573 e. The van der Waals surface area contributed by atoms with Gasteiger partial charge < -0.3 is 20.7 Å². The highest BCUT2D eigenvalue weighted by Crippen LogP contribution is 2.23. The zero-order valence-electron chi connectivity index (χ0n) is 12.0. The van der Waals surface area contributed by atoms with E-state index in [1.165, 1.54) is 12.1 Å². The average molecular weight is 320 g/mol. The first kappa shape index (κ1) is 17.8. The third-order valence-corrected chi connectivity index (χ3v) is 2.98. The largest absolute Gasteiger partial charge is 0.573 e. The number of rotatable bonds is 6. The number of carbonyl (C=O) groups is 2. The summed E-state index contributed by atoms with van der Waals surface area (Å²) in [5.74, 6) is -1.30. The molecular weight excluding hydrogens is 303 g/mol. The van der Waals surface area contributed by atoms with Crippen molar-refractivity contribution in [3.8, 4) is 5.75 Å². The molecule has 0 aromatic heterocycles. The van der Waals surface area contributed by atoms with Crippen LogP contribution < -0.4 is 20.7 Å². The fourth-order valence-corrected chi connectivity index (χ4v) is 1.59. The molecule has 9 heteroatoms. The lowest BCUT2D eigenvalue weighted by Crippen LogP contribution is -3.15. The maximum atomic E-state index is 12.0. The van der Waals surface area contributed by atoms with Crippen molar-refractivity contribution in [3.63, 3.8) is 0 Å². The molecule has 0 radical (unpaired) electrons. The standard InChI is InChI=1S/C13H16F3N3O3/c1-8(12(17)21)19(2)7-11(20)18-9-3-5-10(6-4-9)22-13(14,15)16/h3-6,8H,7H2,1-2H3,(H2,17,21)(H,18,20)/p+1/t8-/m0/s1. The lowest BCUT2D eigenvalue weighted by Gasteiger charge is -2.18. The number of halogens is 3. The van der Waals surface area contributed by atoms with E-state index in [-0.39, 0.29) is 12.3 Å². The lowest BCUT2D eigenvalue weighted by atomic mass is 10.2. The van der Waals surface area contributed by atoms with Gasteiger partial charge in [-0.25, -0.2) is 0 Å². The van der Waals surface area contributed by atoms with Crippen LogP contribution in [0.1, 0.15) is 6.92 Å². The van der Waals surface area contributed by atoms with E-state index >= 15 is 0 Å².